The molecule has 0 saturated carbocycles. The van der Waals surface area contributed by atoms with Crippen molar-refractivity contribution >= 4 is 5.91 Å². The molecule has 7 heteroatoms. The van der Waals surface area contributed by atoms with Crippen LogP contribution in [0.5, 0.6) is 5.75 Å². The molecule has 0 spiro atoms. The maximum Gasteiger partial charge on any atom is 0.316 e. The molecule has 0 aliphatic heterocycles. The number of nitrogens with one attached hydrogen (secondary N) is 1. The lowest BCUT2D eigenvalue weighted by Crippen LogP contribution is -2.26. The van der Waals surface area contributed by atoms with Gasteiger partial charge in [-0.25, -0.2) is 4.39 Å². The Morgan fingerprint density at radius 1 is 1.16 bits per heavy atom. The lowest BCUT2D eigenvalue weighted by Gasteiger charge is -2.04. The molecule has 1 N–H and O–H groups in total. The van der Waals surface area contributed by atoms with Crippen LogP contribution in [-0.4, -0.2) is 29.7 Å². The van der Waals surface area contributed by atoms with Crippen molar-refractivity contribution in [3.05, 3.63) is 65.8 Å². The normalized spacial score (nSPS) is 10.5. The molecule has 0 radical (unpaired) electrons. The van der Waals surface area contributed by atoms with E-state index in [1.54, 1.807) is 7.11 Å². The van der Waals surface area contributed by atoms with E-state index in [2.05, 4.69) is 15.5 Å². The first kappa shape index (κ1) is 16.6. The summed E-state index contributed by atoms with van der Waals surface area (Å²) in [5.74, 6) is 0.0828. The second kappa shape index (κ2) is 7.57. The summed E-state index contributed by atoms with van der Waals surface area (Å²) in [6.07, 6.45) is 0.661. The highest BCUT2D eigenvalue weighted by molar-refractivity contribution is 5.89. The summed E-state index contributed by atoms with van der Waals surface area (Å²) in [6.45, 7) is 0.430. The van der Waals surface area contributed by atoms with Gasteiger partial charge in [-0.3, -0.25) is 4.79 Å². The minimum absolute atomic E-state index is 0.131. The number of carbonyl (C=O) groups is 1. The minimum atomic E-state index is -0.450. The molecule has 128 valence electrons. The van der Waals surface area contributed by atoms with E-state index >= 15 is 0 Å². The summed E-state index contributed by atoms with van der Waals surface area (Å²) in [5.41, 5.74) is 1.64. The Kier molecular flexibility index (Phi) is 5.03. The number of hydrogen-bond acceptors (Lipinski definition) is 5. The van der Waals surface area contributed by atoms with Gasteiger partial charge in [-0.1, -0.05) is 17.3 Å². The van der Waals surface area contributed by atoms with Gasteiger partial charge < -0.3 is 14.6 Å². The largest absolute Gasteiger partial charge is 0.497 e. The molecular formula is C18H16FN3O3. The van der Waals surface area contributed by atoms with Gasteiger partial charge in [0.15, 0.2) is 0 Å². The molecule has 0 unspecified atom stereocenters. The fraction of sp³-hybridized carbons (Fsp3) is 0.167. The van der Waals surface area contributed by atoms with Crippen LogP contribution in [0.25, 0.3) is 11.4 Å². The van der Waals surface area contributed by atoms with Crippen molar-refractivity contribution in [2.24, 2.45) is 0 Å². The second-order valence-corrected chi connectivity index (χ2v) is 5.28. The minimum Gasteiger partial charge on any atom is -0.497 e. The number of carbonyl (C=O) groups excluding carboxylic acids is 1. The summed E-state index contributed by atoms with van der Waals surface area (Å²) >= 11 is 0. The predicted octanol–water partition coefficient (Wildman–Crippen LogP) is 2.86. The summed E-state index contributed by atoms with van der Waals surface area (Å²) in [4.78, 5) is 16.1. The zero-order chi connectivity index (χ0) is 17.6. The Morgan fingerprint density at radius 3 is 2.56 bits per heavy atom. The number of nitrogens with zero attached hydrogens (tertiary/aromatic N) is 2. The van der Waals surface area contributed by atoms with Crippen LogP contribution in [0.2, 0.25) is 0 Å². The molecule has 0 aliphatic rings. The number of benzene rings is 2. The van der Waals surface area contributed by atoms with Gasteiger partial charge in [0, 0.05) is 12.1 Å². The Balaban J connectivity index is 1.55. The standard InChI is InChI=1S/C18H16FN3O3/c1-24-15-8-2-12(3-9-15)10-11-20-17(23)18-21-16(22-25-18)13-4-6-14(19)7-5-13/h2-9H,10-11H2,1H3,(H,20,23). The summed E-state index contributed by atoms with van der Waals surface area (Å²) in [5, 5.41) is 6.46. The van der Waals surface area contributed by atoms with Gasteiger partial charge in [-0.15, -0.1) is 0 Å². The predicted molar refractivity (Wildman–Crippen MR) is 88.7 cm³/mol. The lowest BCUT2D eigenvalue weighted by atomic mass is 10.1. The first-order chi connectivity index (χ1) is 12.2. The molecule has 0 bridgehead atoms. The third-order valence-corrected chi connectivity index (χ3v) is 3.58. The van der Waals surface area contributed by atoms with Crippen LogP contribution >= 0.6 is 0 Å². The zero-order valence-corrected chi connectivity index (χ0v) is 13.5. The second-order valence-electron chi connectivity index (χ2n) is 5.28. The Morgan fingerprint density at radius 2 is 1.88 bits per heavy atom. The highest BCUT2D eigenvalue weighted by Gasteiger charge is 2.15. The fourth-order valence-corrected chi connectivity index (χ4v) is 2.22. The number of aromatic nitrogens is 2. The average molecular weight is 341 g/mol. The Hall–Kier alpha value is -3.22. The van der Waals surface area contributed by atoms with E-state index in [0.717, 1.165) is 11.3 Å². The molecule has 25 heavy (non-hydrogen) atoms. The van der Waals surface area contributed by atoms with Gasteiger partial charge >= 0.3 is 11.8 Å². The van der Waals surface area contributed by atoms with E-state index in [0.29, 0.717) is 18.5 Å². The number of hydrogen-bond donors (Lipinski definition) is 1. The molecule has 3 rings (SSSR count). The molecule has 0 saturated heterocycles. The van der Waals surface area contributed by atoms with Crippen molar-refractivity contribution in [3.8, 4) is 17.1 Å². The SMILES string of the molecule is COc1ccc(CCNC(=O)c2nc(-c3ccc(F)cc3)no2)cc1. The smallest absolute Gasteiger partial charge is 0.316 e. The van der Waals surface area contributed by atoms with E-state index in [4.69, 9.17) is 9.26 Å². The van der Waals surface area contributed by atoms with Gasteiger partial charge in [0.05, 0.1) is 7.11 Å². The maximum absolute atomic E-state index is 12.9. The van der Waals surface area contributed by atoms with E-state index in [1.165, 1.54) is 24.3 Å². The van der Waals surface area contributed by atoms with Crippen LogP contribution in [0.4, 0.5) is 4.39 Å². The summed E-state index contributed by atoms with van der Waals surface area (Å²) < 4.78 is 23.0. The van der Waals surface area contributed by atoms with E-state index in [9.17, 15) is 9.18 Å². The number of ether oxygens (including phenoxy) is 1. The van der Waals surface area contributed by atoms with Crippen molar-refractivity contribution < 1.29 is 18.4 Å². The van der Waals surface area contributed by atoms with Crippen molar-refractivity contribution in [3.63, 3.8) is 0 Å². The molecule has 1 aromatic heterocycles. The van der Waals surface area contributed by atoms with Crippen LogP contribution in [0.15, 0.2) is 53.1 Å². The first-order valence-electron chi connectivity index (χ1n) is 7.66. The quantitative estimate of drug-likeness (QED) is 0.746. The van der Waals surface area contributed by atoms with Gasteiger partial charge in [0.1, 0.15) is 11.6 Å². The first-order valence-corrected chi connectivity index (χ1v) is 7.66. The van der Waals surface area contributed by atoms with E-state index < -0.39 is 5.91 Å². The zero-order valence-electron chi connectivity index (χ0n) is 13.5. The van der Waals surface area contributed by atoms with Crippen LogP contribution < -0.4 is 10.1 Å². The number of methoxy groups -OCH3 is 1. The topological polar surface area (TPSA) is 77.2 Å². The summed E-state index contributed by atoms with van der Waals surface area (Å²) in [7, 11) is 1.61. The third kappa shape index (κ3) is 4.20. The van der Waals surface area contributed by atoms with E-state index in [1.807, 2.05) is 24.3 Å². The molecule has 0 fully saturated rings. The highest BCUT2D eigenvalue weighted by Crippen LogP contribution is 2.16. The Bertz CT molecular complexity index is 845. The van der Waals surface area contributed by atoms with E-state index in [-0.39, 0.29) is 17.5 Å². The molecule has 6 nitrogen and oxygen atoms in total. The van der Waals surface area contributed by atoms with Crippen molar-refractivity contribution in [2.75, 3.05) is 13.7 Å². The average Bonchev–Trinajstić information content (AvgIpc) is 3.13. The van der Waals surface area contributed by atoms with Crippen LogP contribution in [0.3, 0.4) is 0 Å². The molecule has 1 amide bonds. The van der Waals surface area contributed by atoms with Gasteiger partial charge in [0.25, 0.3) is 0 Å². The maximum atomic E-state index is 12.9. The monoisotopic (exact) mass is 341 g/mol. The van der Waals surface area contributed by atoms with Crippen molar-refractivity contribution in [1.82, 2.24) is 15.5 Å². The van der Waals surface area contributed by atoms with Crippen LogP contribution in [0, 0.1) is 5.82 Å². The third-order valence-electron chi connectivity index (χ3n) is 3.58. The van der Waals surface area contributed by atoms with Crippen molar-refractivity contribution in [1.29, 1.82) is 0 Å². The number of rotatable bonds is 6. The highest BCUT2D eigenvalue weighted by atomic mass is 19.1. The Labute approximate surface area is 143 Å². The molecule has 0 atom stereocenters. The molecule has 0 aliphatic carbocycles. The fourth-order valence-electron chi connectivity index (χ4n) is 2.22. The van der Waals surface area contributed by atoms with Gasteiger partial charge in [-0.05, 0) is 48.4 Å². The van der Waals surface area contributed by atoms with Crippen LogP contribution in [-0.2, 0) is 6.42 Å². The number of halogens is 1. The molecule has 2 aromatic carbocycles. The van der Waals surface area contributed by atoms with Crippen molar-refractivity contribution in [2.45, 2.75) is 6.42 Å². The lowest BCUT2D eigenvalue weighted by molar-refractivity contribution is 0.0910. The van der Waals surface area contributed by atoms with Gasteiger partial charge in [0.2, 0.25) is 5.82 Å². The van der Waals surface area contributed by atoms with Gasteiger partial charge in [-0.2, -0.15) is 4.98 Å². The molecule has 3 aromatic rings. The molecular weight excluding hydrogens is 325 g/mol. The van der Waals surface area contributed by atoms with Crippen LogP contribution in [0.1, 0.15) is 16.2 Å². The summed E-state index contributed by atoms with van der Waals surface area (Å²) in [6, 6.07) is 13.2. The number of amides is 1. The molecule has 1 heterocycles.